The molecule has 5 heteroatoms. The van der Waals surface area contributed by atoms with Gasteiger partial charge in [-0.1, -0.05) is 27.2 Å². The van der Waals surface area contributed by atoms with E-state index in [1.807, 2.05) is 6.33 Å². The molecule has 108 valence electrons. The van der Waals surface area contributed by atoms with Crippen molar-refractivity contribution in [3.05, 3.63) is 12.2 Å². The Kier molecular flexibility index (Phi) is 4.93. The van der Waals surface area contributed by atoms with Crippen molar-refractivity contribution in [1.29, 1.82) is 0 Å². The lowest BCUT2D eigenvalue weighted by molar-refractivity contribution is 0.123. The molecule has 1 aliphatic heterocycles. The van der Waals surface area contributed by atoms with Gasteiger partial charge in [0.2, 0.25) is 0 Å². The number of nitrogens with zero attached hydrogens (tertiary/aromatic N) is 4. The van der Waals surface area contributed by atoms with Gasteiger partial charge in [-0.15, -0.1) is 10.2 Å². The molecule has 0 fully saturated rings. The van der Waals surface area contributed by atoms with Crippen LogP contribution < -0.4 is 5.32 Å². The zero-order valence-corrected chi connectivity index (χ0v) is 12.5. The number of hydrogen-bond donors (Lipinski definition) is 1. The van der Waals surface area contributed by atoms with Crippen LogP contribution in [0.3, 0.4) is 0 Å². The van der Waals surface area contributed by atoms with Gasteiger partial charge < -0.3 is 9.88 Å². The molecule has 2 heterocycles. The molecule has 0 radical (unpaired) electrons. The Labute approximate surface area is 116 Å². The van der Waals surface area contributed by atoms with Crippen LogP contribution in [-0.4, -0.2) is 45.8 Å². The lowest BCUT2D eigenvalue weighted by Crippen LogP contribution is -2.45. The smallest absolute Gasteiger partial charge is 0.147 e. The minimum Gasteiger partial charge on any atom is -0.316 e. The Morgan fingerprint density at radius 3 is 2.95 bits per heavy atom. The summed E-state index contributed by atoms with van der Waals surface area (Å²) in [6.07, 6.45) is 4.35. The van der Waals surface area contributed by atoms with Crippen LogP contribution in [0.25, 0.3) is 0 Å². The zero-order chi connectivity index (χ0) is 13.7. The third-order valence-corrected chi connectivity index (χ3v) is 3.98. The summed E-state index contributed by atoms with van der Waals surface area (Å²) in [4.78, 5) is 2.52. The molecule has 0 amide bonds. The lowest BCUT2D eigenvalue weighted by Gasteiger charge is -2.37. The van der Waals surface area contributed by atoms with E-state index in [0.717, 1.165) is 45.1 Å². The Morgan fingerprint density at radius 1 is 1.37 bits per heavy atom. The first kappa shape index (κ1) is 14.5. The van der Waals surface area contributed by atoms with Gasteiger partial charge in [0.25, 0.3) is 0 Å². The lowest BCUT2D eigenvalue weighted by atomic mass is 9.84. The molecule has 1 atom stereocenters. The molecule has 1 aromatic heterocycles. The van der Waals surface area contributed by atoms with Gasteiger partial charge in [0.15, 0.2) is 0 Å². The zero-order valence-electron chi connectivity index (χ0n) is 12.5. The van der Waals surface area contributed by atoms with Crippen molar-refractivity contribution in [2.24, 2.45) is 5.41 Å². The van der Waals surface area contributed by atoms with Crippen LogP contribution in [0.4, 0.5) is 0 Å². The number of hydrogen-bond acceptors (Lipinski definition) is 4. The Morgan fingerprint density at radius 2 is 2.21 bits per heavy atom. The van der Waals surface area contributed by atoms with Crippen LogP contribution in [0, 0.1) is 5.41 Å². The van der Waals surface area contributed by atoms with Crippen molar-refractivity contribution in [1.82, 2.24) is 25.0 Å². The minimum absolute atomic E-state index is 0.354. The van der Waals surface area contributed by atoms with Crippen molar-refractivity contribution in [2.75, 3.05) is 26.2 Å². The highest BCUT2D eigenvalue weighted by molar-refractivity contribution is 4.92. The standard InChI is InChI=1S/C14H27N5/c1-4-6-14(3,10-15-5-2)11-18-7-8-19-12-16-17-13(19)9-18/h12,15H,4-11H2,1-3H3. The Balaban J connectivity index is 1.94. The second-order valence-corrected chi connectivity index (χ2v) is 5.99. The van der Waals surface area contributed by atoms with Crippen LogP contribution in [0.15, 0.2) is 6.33 Å². The van der Waals surface area contributed by atoms with Crippen LogP contribution >= 0.6 is 0 Å². The molecule has 0 saturated carbocycles. The summed E-state index contributed by atoms with van der Waals surface area (Å²) in [6, 6.07) is 0. The molecule has 1 unspecified atom stereocenters. The molecule has 1 N–H and O–H groups in total. The summed E-state index contributed by atoms with van der Waals surface area (Å²) >= 11 is 0. The summed E-state index contributed by atoms with van der Waals surface area (Å²) in [6.45, 7) is 13.2. The molecule has 0 aromatic carbocycles. The predicted octanol–water partition coefficient (Wildman–Crippen LogP) is 1.51. The van der Waals surface area contributed by atoms with E-state index in [4.69, 9.17) is 0 Å². The molecule has 1 aromatic rings. The summed E-state index contributed by atoms with van der Waals surface area (Å²) in [7, 11) is 0. The van der Waals surface area contributed by atoms with E-state index >= 15 is 0 Å². The third-order valence-electron chi connectivity index (χ3n) is 3.98. The maximum Gasteiger partial charge on any atom is 0.147 e. The van der Waals surface area contributed by atoms with Gasteiger partial charge in [0.05, 0.1) is 6.54 Å². The molecular weight excluding hydrogens is 238 g/mol. The van der Waals surface area contributed by atoms with Gasteiger partial charge in [0, 0.05) is 26.2 Å². The monoisotopic (exact) mass is 265 g/mol. The quantitative estimate of drug-likeness (QED) is 0.812. The first-order valence-corrected chi connectivity index (χ1v) is 7.46. The molecule has 2 rings (SSSR count). The maximum absolute atomic E-state index is 4.20. The Bertz CT molecular complexity index is 389. The Hall–Kier alpha value is -0.940. The average molecular weight is 265 g/mol. The van der Waals surface area contributed by atoms with Crippen molar-refractivity contribution in [2.45, 2.75) is 46.7 Å². The summed E-state index contributed by atoms with van der Waals surface area (Å²) in [5.41, 5.74) is 0.354. The van der Waals surface area contributed by atoms with Gasteiger partial charge >= 0.3 is 0 Å². The molecule has 0 aliphatic carbocycles. The predicted molar refractivity (Wildman–Crippen MR) is 76.9 cm³/mol. The van der Waals surface area contributed by atoms with Gasteiger partial charge in [-0.3, -0.25) is 4.90 Å². The summed E-state index contributed by atoms with van der Waals surface area (Å²) in [5, 5.41) is 11.7. The normalized spacial score (nSPS) is 19.1. The molecule has 19 heavy (non-hydrogen) atoms. The van der Waals surface area contributed by atoms with E-state index in [0.29, 0.717) is 5.41 Å². The second-order valence-electron chi connectivity index (χ2n) is 5.99. The molecule has 0 bridgehead atoms. The van der Waals surface area contributed by atoms with E-state index < -0.39 is 0 Å². The highest BCUT2D eigenvalue weighted by Gasteiger charge is 2.28. The SMILES string of the molecule is CCCC(C)(CNCC)CN1CCn2cnnc2C1. The van der Waals surface area contributed by atoms with Crippen LogP contribution in [-0.2, 0) is 13.1 Å². The average Bonchev–Trinajstić information content (AvgIpc) is 2.84. The second kappa shape index (κ2) is 6.48. The van der Waals surface area contributed by atoms with E-state index in [9.17, 15) is 0 Å². The van der Waals surface area contributed by atoms with Gasteiger partial charge in [-0.2, -0.15) is 0 Å². The van der Waals surface area contributed by atoms with E-state index in [1.165, 1.54) is 12.8 Å². The minimum atomic E-state index is 0.354. The number of rotatable bonds is 7. The number of nitrogens with one attached hydrogen (secondary N) is 1. The molecule has 1 aliphatic rings. The topological polar surface area (TPSA) is 46.0 Å². The van der Waals surface area contributed by atoms with Crippen LogP contribution in [0.2, 0.25) is 0 Å². The van der Waals surface area contributed by atoms with E-state index in [1.54, 1.807) is 0 Å². The van der Waals surface area contributed by atoms with Gasteiger partial charge in [-0.25, -0.2) is 0 Å². The van der Waals surface area contributed by atoms with Crippen LogP contribution in [0.1, 0.15) is 39.4 Å². The van der Waals surface area contributed by atoms with Crippen molar-refractivity contribution in [3.63, 3.8) is 0 Å². The molecule has 0 spiro atoms. The molecule has 5 nitrogen and oxygen atoms in total. The third kappa shape index (κ3) is 3.76. The van der Waals surface area contributed by atoms with Crippen molar-refractivity contribution >= 4 is 0 Å². The fraction of sp³-hybridized carbons (Fsp3) is 0.857. The van der Waals surface area contributed by atoms with Gasteiger partial charge in [0.1, 0.15) is 12.2 Å². The van der Waals surface area contributed by atoms with Gasteiger partial charge in [-0.05, 0) is 18.4 Å². The van der Waals surface area contributed by atoms with Crippen molar-refractivity contribution < 1.29 is 0 Å². The molecular formula is C14H27N5. The number of fused-ring (bicyclic) bond motifs is 1. The highest BCUT2D eigenvalue weighted by Crippen LogP contribution is 2.25. The summed E-state index contributed by atoms with van der Waals surface area (Å²) in [5.74, 6) is 1.11. The fourth-order valence-corrected chi connectivity index (χ4v) is 3.04. The first-order chi connectivity index (χ1) is 9.17. The highest BCUT2D eigenvalue weighted by atomic mass is 15.3. The maximum atomic E-state index is 4.20. The first-order valence-electron chi connectivity index (χ1n) is 7.46. The van der Waals surface area contributed by atoms with E-state index in [2.05, 4.69) is 45.8 Å². The number of aromatic nitrogens is 3. The van der Waals surface area contributed by atoms with E-state index in [-0.39, 0.29) is 0 Å². The summed E-state index contributed by atoms with van der Waals surface area (Å²) < 4.78 is 2.16. The largest absolute Gasteiger partial charge is 0.316 e. The fourth-order valence-electron chi connectivity index (χ4n) is 3.04. The van der Waals surface area contributed by atoms with Crippen molar-refractivity contribution in [3.8, 4) is 0 Å². The van der Waals surface area contributed by atoms with Crippen LogP contribution in [0.5, 0.6) is 0 Å². The molecule has 0 saturated heterocycles.